The van der Waals surface area contributed by atoms with Crippen LogP contribution in [0.3, 0.4) is 0 Å². The molecule has 1 aliphatic rings. The van der Waals surface area contributed by atoms with Crippen LogP contribution in [0.4, 0.5) is 5.13 Å². The van der Waals surface area contributed by atoms with Crippen LogP contribution in [0.1, 0.15) is 26.2 Å². The van der Waals surface area contributed by atoms with Crippen molar-refractivity contribution in [1.82, 2.24) is 4.98 Å². The van der Waals surface area contributed by atoms with Gasteiger partial charge in [-0.15, -0.1) is 11.3 Å². The van der Waals surface area contributed by atoms with E-state index in [0.29, 0.717) is 12.1 Å². The second-order valence-electron chi connectivity index (χ2n) is 3.81. The molecule has 1 saturated heterocycles. The van der Waals surface area contributed by atoms with Gasteiger partial charge >= 0.3 is 0 Å². The quantitative estimate of drug-likeness (QED) is 0.928. The molecule has 5 heteroatoms. The normalized spacial score (nSPS) is 23.7. The van der Waals surface area contributed by atoms with E-state index in [9.17, 15) is 0 Å². The molecule has 2 rings (SSSR count). The summed E-state index contributed by atoms with van der Waals surface area (Å²) in [6, 6.07) is 0.336. The SMILES string of the molecule is CC(Nc1nc(Br)cs1)C1CCCCO1. The first-order valence-corrected chi connectivity index (χ1v) is 6.92. The third-order valence-electron chi connectivity index (χ3n) is 2.60. The molecule has 0 spiro atoms. The van der Waals surface area contributed by atoms with Crippen LogP contribution in [0, 0.1) is 0 Å². The van der Waals surface area contributed by atoms with Crippen LogP contribution in [-0.2, 0) is 4.74 Å². The summed E-state index contributed by atoms with van der Waals surface area (Å²) in [4.78, 5) is 4.31. The average Bonchev–Trinajstić information content (AvgIpc) is 2.65. The van der Waals surface area contributed by atoms with Gasteiger partial charge in [-0.3, -0.25) is 0 Å². The van der Waals surface area contributed by atoms with Crippen molar-refractivity contribution in [2.75, 3.05) is 11.9 Å². The van der Waals surface area contributed by atoms with Crippen molar-refractivity contribution in [3.63, 3.8) is 0 Å². The molecule has 1 fully saturated rings. The van der Waals surface area contributed by atoms with Crippen molar-refractivity contribution >= 4 is 32.4 Å². The lowest BCUT2D eigenvalue weighted by Crippen LogP contribution is -2.35. The Kier molecular flexibility index (Phi) is 3.99. The molecule has 3 nitrogen and oxygen atoms in total. The zero-order chi connectivity index (χ0) is 10.7. The van der Waals surface area contributed by atoms with Gasteiger partial charge in [0.15, 0.2) is 5.13 Å². The number of aromatic nitrogens is 1. The van der Waals surface area contributed by atoms with E-state index in [2.05, 4.69) is 33.2 Å². The lowest BCUT2D eigenvalue weighted by Gasteiger charge is -2.28. The van der Waals surface area contributed by atoms with Crippen LogP contribution >= 0.6 is 27.3 Å². The smallest absolute Gasteiger partial charge is 0.184 e. The van der Waals surface area contributed by atoms with Gasteiger partial charge in [-0.05, 0) is 42.1 Å². The first kappa shape index (κ1) is 11.4. The minimum absolute atomic E-state index is 0.335. The minimum atomic E-state index is 0.335. The molecule has 0 aromatic carbocycles. The van der Waals surface area contributed by atoms with Crippen LogP contribution in [-0.4, -0.2) is 23.7 Å². The summed E-state index contributed by atoms with van der Waals surface area (Å²) in [6.45, 7) is 3.06. The lowest BCUT2D eigenvalue weighted by molar-refractivity contribution is 0.00786. The Labute approximate surface area is 102 Å². The molecular weight excluding hydrogens is 276 g/mol. The first-order valence-electron chi connectivity index (χ1n) is 5.25. The van der Waals surface area contributed by atoms with E-state index in [1.165, 1.54) is 12.8 Å². The lowest BCUT2D eigenvalue weighted by atomic mass is 10.0. The first-order chi connectivity index (χ1) is 7.25. The van der Waals surface area contributed by atoms with E-state index >= 15 is 0 Å². The van der Waals surface area contributed by atoms with Crippen molar-refractivity contribution < 1.29 is 4.74 Å². The second kappa shape index (κ2) is 5.27. The predicted octanol–water partition coefficient (Wildman–Crippen LogP) is 3.28. The van der Waals surface area contributed by atoms with Crippen molar-refractivity contribution in [2.24, 2.45) is 0 Å². The molecule has 0 amide bonds. The van der Waals surface area contributed by atoms with Gasteiger partial charge in [-0.1, -0.05) is 0 Å². The number of halogens is 1. The van der Waals surface area contributed by atoms with E-state index in [-0.39, 0.29) is 0 Å². The van der Waals surface area contributed by atoms with Crippen LogP contribution in [0.15, 0.2) is 9.98 Å². The number of anilines is 1. The molecule has 2 unspecified atom stereocenters. The monoisotopic (exact) mass is 290 g/mol. The summed E-state index contributed by atoms with van der Waals surface area (Å²) >= 11 is 4.96. The Morgan fingerprint density at radius 3 is 3.13 bits per heavy atom. The maximum atomic E-state index is 5.72. The zero-order valence-corrected chi connectivity index (χ0v) is 11.1. The number of nitrogens with zero attached hydrogens (tertiary/aromatic N) is 1. The summed E-state index contributed by atoms with van der Waals surface area (Å²) < 4.78 is 6.62. The van der Waals surface area contributed by atoms with E-state index in [4.69, 9.17) is 4.74 Å². The maximum absolute atomic E-state index is 5.72. The molecule has 0 radical (unpaired) electrons. The number of nitrogens with one attached hydrogen (secondary N) is 1. The second-order valence-corrected chi connectivity index (χ2v) is 5.48. The molecule has 2 atom stereocenters. The van der Waals surface area contributed by atoms with E-state index in [1.807, 2.05) is 5.38 Å². The van der Waals surface area contributed by atoms with Gasteiger partial charge in [0, 0.05) is 12.0 Å². The van der Waals surface area contributed by atoms with Gasteiger partial charge in [0.1, 0.15) is 4.60 Å². The molecule has 0 bridgehead atoms. The fourth-order valence-corrected chi connectivity index (χ4v) is 3.01. The molecule has 0 aliphatic carbocycles. The van der Waals surface area contributed by atoms with Gasteiger partial charge in [0.05, 0.1) is 12.1 Å². The summed E-state index contributed by atoms with van der Waals surface area (Å²) in [5.41, 5.74) is 0. The molecule has 15 heavy (non-hydrogen) atoms. The van der Waals surface area contributed by atoms with Crippen molar-refractivity contribution in [3.8, 4) is 0 Å². The molecular formula is C10H15BrN2OS. The fourth-order valence-electron chi connectivity index (χ4n) is 1.77. The Balaban J connectivity index is 1.88. The van der Waals surface area contributed by atoms with Crippen LogP contribution in [0.5, 0.6) is 0 Å². The highest BCUT2D eigenvalue weighted by Gasteiger charge is 2.21. The molecule has 1 N–H and O–H groups in total. The maximum Gasteiger partial charge on any atom is 0.184 e. The fraction of sp³-hybridized carbons (Fsp3) is 0.700. The molecule has 84 valence electrons. The molecule has 2 heterocycles. The predicted molar refractivity (Wildman–Crippen MR) is 66.5 cm³/mol. The van der Waals surface area contributed by atoms with E-state index < -0.39 is 0 Å². The van der Waals surface area contributed by atoms with E-state index in [0.717, 1.165) is 22.8 Å². The van der Waals surface area contributed by atoms with Gasteiger partial charge in [-0.25, -0.2) is 4.98 Å². The third-order valence-corrected chi connectivity index (χ3v) is 4.08. The highest BCUT2D eigenvalue weighted by molar-refractivity contribution is 9.10. The third kappa shape index (κ3) is 3.16. The highest BCUT2D eigenvalue weighted by Crippen LogP contribution is 2.23. The Bertz CT molecular complexity index is 312. The molecule has 1 aromatic rings. The number of ether oxygens (including phenoxy) is 1. The number of thiazole rings is 1. The van der Waals surface area contributed by atoms with Gasteiger partial charge in [0.2, 0.25) is 0 Å². The summed E-state index contributed by atoms with van der Waals surface area (Å²) in [6.07, 6.45) is 3.96. The highest BCUT2D eigenvalue weighted by atomic mass is 79.9. The van der Waals surface area contributed by atoms with Crippen molar-refractivity contribution in [2.45, 2.75) is 38.3 Å². The van der Waals surface area contributed by atoms with E-state index in [1.54, 1.807) is 11.3 Å². The number of hydrogen-bond donors (Lipinski definition) is 1. The Morgan fingerprint density at radius 1 is 1.67 bits per heavy atom. The van der Waals surface area contributed by atoms with Gasteiger partial charge in [-0.2, -0.15) is 0 Å². The van der Waals surface area contributed by atoms with Crippen LogP contribution < -0.4 is 5.32 Å². The zero-order valence-electron chi connectivity index (χ0n) is 8.70. The van der Waals surface area contributed by atoms with Gasteiger partial charge in [0.25, 0.3) is 0 Å². The van der Waals surface area contributed by atoms with Gasteiger partial charge < -0.3 is 10.1 Å². The number of rotatable bonds is 3. The van der Waals surface area contributed by atoms with Crippen LogP contribution in [0.25, 0.3) is 0 Å². The largest absolute Gasteiger partial charge is 0.376 e. The standard InChI is InChI=1S/C10H15BrN2OS/c1-7(8-4-2-3-5-14-8)12-10-13-9(11)6-15-10/h6-8H,2-5H2,1H3,(H,12,13). The molecule has 0 saturated carbocycles. The number of hydrogen-bond acceptors (Lipinski definition) is 4. The summed E-state index contributed by atoms with van der Waals surface area (Å²) in [5, 5.41) is 6.33. The minimum Gasteiger partial charge on any atom is -0.376 e. The van der Waals surface area contributed by atoms with Crippen LogP contribution in [0.2, 0.25) is 0 Å². The Morgan fingerprint density at radius 2 is 2.53 bits per heavy atom. The summed E-state index contributed by atoms with van der Waals surface area (Å²) in [7, 11) is 0. The topological polar surface area (TPSA) is 34.2 Å². The summed E-state index contributed by atoms with van der Waals surface area (Å²) in [5.74, 6) is 0. The Hall–Kier alpha value is -0.130. The van der Waals surface area contributed by atoms with Crippen molar-refractivity contribution in [1.29, 1.82) is 0 Å². The molecule has 1 aliphatic heterocycles. The average molecular weight is 291 g/mol. The molecule has 1 aromatic heterocycles. The van der Waals surface area contributed by atoms with Crippen molar-refractivity contribution in [3.05, 3.63) is 9.98 Å².